The molecule has 5 heteroatoms. The first-order valence-electron chi connectivity index (χ1n) is 11.9. The van der Waals surface area contributed by atoms with Crippen LogP contribution in [0.5, 0.6) is 11.5 Å². The Morgan fingerprint density at radius 2 is 1.88 bits per heavy atom. The highest BCUT2D eigenvalue weighted by molar-refractivity contribution is 5.83. The molecule has 0 radical (unpaired) electrons. The average molecular weight is 452 g/mol. The number of ether oxygens (including phenoxy) is 2. The minimum absolute atomic E-state index is 0.166. The Bertz CT molecular complexity index is 1010. The van der Waals surface area contributed by atoms with Crippen molar-refractivity contribution in [2.45, 2.75) is 52.6 Å². The van der Waals surface area contributed by atoms with Crippen LogP contribution in [0.3, 0.4) is 0 Å². The number of hydrogen-bond acceptors (Lipinski definition) is 4. The molecular weight excluding hydrogens is 417 g/mol. The number of nitrogens with zero attached hydrogens (tertiary/aromatic N) is 1. The fourth-order valence-electron chi connectivity index (χ4n) is 4.40. The van der Waals surface area contributed by atoms with Crippen molar-refractivity contribution < 1.29 is 18.7 Å². The van der Waals surface area contributed by atoms with Gasteiger partial charge in [-0.1, -0.05) is 24.3 Å². The molecule has 0 saturated carbocycles. The van der Waals surface area contributed by atoms with Crippen molar-refractivity contribution in [2.75, 3.05) is 26.3 Å². The smallest absolute Gasteiger partial charge is 0.316 e. The van der Waals surface area contributed by atoms with Gasteiger partial charge in [-0.3, -0.25) is 14.1 Å². The molecule has 1 fully saturated rings. The number of allylic oxidation sites excluding steroid dienone is 1. The molecule has 1 atom stereocenters. The molecule has 176 valence electrons. The Balaban J connectivity index is 1.42. The number of carbonyl (C=O) groups is 1. The molecule has 0 amide bonds. The van der Waals surface area contributed by atoms with E-state index in [1.807, 2.05) is 45.0 Å². The Morgan fingerprint density at radius 3 is 2.61 bits per heavy atom. The van der Waals surface area contributed by atoms with E-state index in [-0.39, 0.29) is 18.7 Å². The minimum Gasteiger partial charge on any atom is -0.489 e. The molecule has 1 saturated heterocycles. The van der Waals surface area contributed by atoms with Crippen molar-refractivity contribution >= 4 is 11.5 Å². The lowest BCUT2D eigenvalue weighted by Crippen LogP contribution is -2.26. The summed E-state index contributed by atoms with van der Waals surface area (Å²) in [4.78, 5) is 14.5. The summed E-state index contributed by atoms with van der Waals surface area (Å²) in [6.07, 6.45) is 5.90. The third-order valence-corrected chi connectivity index (χ3v) is 6.26. The van der Waals surface area contributed by atoms with Crippen molar-refractivity contribution in [1.29, 1.82) is 0 Å². The highest BCUT2D eigenvalue weighted by atomic mass is 19.1. The average Bonchev–Trinajstić information content (AvgIpc) is 3.24. The van der Waals surface area contributed by atoms with E-state index in [0.29, 0.717) is 12.2 Å². The van der Waals surface area contributed by atoms with Crippen molar-refractivity contribution in [3.8, 4) is 11.5 Å². The van der Waals surface area contributed by atoms with Gasteiger partial charge in [-0.25, -0.2) is 0 Å². The van der Waals surface area contributed by atoms with Crippen LogP contribution in [0.2, 0.25) is 0 Å². The number of halogens is 1. The number of rotatable bonds is 7. The lowest BCUT2D eigenvalue weighted by atomic mass is 9.87. The zero-order valence-corrected chi connectivity index (χ0v) is 19.9. The second-order valence-corrected chi connectivity index (χ2v) is 10.0. The van der Waals surface area contributed by atoms with Gasteiger partial charge in [0.2, 0.25) is 0 Å². The molecule has 1 aliphatic carbocycles. The Morgan fingerprint density at radius 1 is 1.12 bits per heavy atom. The summed E-state index contributed by atoms with van der Waals surface area (Å²) in [6, 6.07) is 14.2. The SMILES string of the molecule is CC(C)(C)C(=O)Oc1ccc2c(c1)CCC=C2c1ccc(OC2CCN(CCCF)C2)cc1. The molecule has 4 rings (SSSR count). The molecule has 2 aliphatic rings. The molecule has 1 aliphatic heterocycles. The topological polar surface area (TPSA) is 38.8 Å². The first kappa shape index (κ1) is 23.5. The predicted molar refractivity (Wildman–Crippen MR) is 129 cm³/mol. The van der Waals surface area contributed by atoms with Gasteiger partial charge in [0, 0.05) is 19.6 Å². The summed E-state index contributed by atoms with van der Waals surface area (Å²) >= 11 is 0. The van der Waals surface area contributed by atoms with Crippen LogP contribution in [0, 0.1) is 5.41 Å². The second kappa shape index (κ2) is 10.1. The highest BCUT2D eigenvalue weighted by Gasteiger charge is 2.25. The van der Waals surface area contributed by atoms with Crippen LogP contribution in [0.25, 0.3) is 5.57 Å². The molecule has 0 bridgehead atoms. The van der Waals surface area contributed by atoms with Gasteiger partial charge < -0.3 is 9.47 Å². The van der Waals surface area contributed by atoms with Crippen LogP contribution in [-0.2, 0) is 11.2 Å². The first-order valence-corrected chi connectivity index (χ1v) is 11.9. The standard InChI is InChI=1S/C28H34FNO3/c1-28(2,3)27(31)33-23-12-13-26-21(18-23)6-4-7-25(26)20-8-10-22(11-9-20)32-24-14-17-30(19-24)16-5-15-29/h7-13,18,24H,4-6,14-17,19H2,1-3H3. The number of aryl methyl sites for hydroxylation is 1. The van der Waals surface area contributed by atoms with Crippen molar-refractivity contribution in [1.82, 2.24) is 4.90 Å². The summed E-state index contributed by atoms with van der Waals surface area (Å²) in [6.45, 7) is 7.96. The fourth-order valence-corrected chi connectivity index (χ4v) is 4.40. The van der Waals surface area contributed by atoms with Crippen molar-refractivity contribution in [3.63, 3.8) is 0 Å². The normalized spacial score (nSPS) is 18.5. The van der Waals surface area contributed by atoms with Crippen LogP contribution < -0.4 is 9.47 Å². The number of benzene rings is 2. The van der Waals surface area contributed by atoms with Crippen molar-refractivity contribution in [3.05, 3.63) is 65.2 Å². The number of alkyl halides is 1. The lowest BCUT2D eigenvalue weighted by Gasteiger charge is -2.21. The van der Waals surface area contributed by atoms with Gasteiger partial charge in [0.15, 0.2) is 0 Å². The maximum Gasteiger partial charge on any atom is 0.316 e. The predicted octanol–water partition coefficient (Wildman–Crippen LogP) is 5.83. The number of fused-ring (bicyclic) bond motifs is 1. The summed E-state index contributed by atoms with van der Waals surface area (Å²) < 4.78 is 24.2. The Kier molecular flexibility index (Phi) is 7.18. The van der Waals surface area contributed by atoms with Gasteiger partial charge in [-0.2, -0.15) is 0 Å². The molecule has 2 aromatic carbocycles. The van der Waals surface area contributed by atoms with E-state index in [2.05, 4.69) is 29.2 Å². The van der Waals surface area contributed by atoms with Crippen LogP contribution >= 0.6 is 0 Å². The van der Waals surface area contributed by atoms with E-state index < -0.39 is 5.41 Å². The third kappa shape index (κ3) is 5.83. The summed E-state index contributed by atoms with van der Waals surface area (Å²) in [7, 11) is 0. The molecule has 1 unspecified atom stereocenters. The molecular formula is C28H34FNO3. The zero-order chi connectivity index (χ0) is 23.4. The zero-order valence-electron chi connectivity index (χ0n) is 19.9. The maximum atomic E-state index is 12.4. The van der Waals surface area contributed by atoms with Gasteiger partial charge in [0.05, 0.1) is 12.1 Å². The lowest BCUT2D eigenvalue weighted by molar-refractivity contribution is -0.143. The van der Waals surface area contributed by atoms with Gasteiger partial charge in [0.1, 0.15) is 17.6 Å². The van der Waals surface area contributed by atoms with Crippen molar-refractivity contribution in [2.24, 2.45) is 5.41 Å². The minimum atomic E-state index is -0.532. The van der Waals surface area contributed by atoms with Crippen LogP contribution in [0.15, 0.2) is 48.5 Å². The van der Waals surface area contributed by atoms with Gasteiger partial charge in [-0.15, -0.1) is 0 Å². The van der Waals surface area contributed by atoms with E-state index >= 15 is 0 Å². The summed E-state index contributed by atoms with van der Waals surface area (Å²) in [5, 5.41) is 0. The van der Waals surface area contributed by atoms with E-state index in [1.54, 1.807) is 0 Å². The largest absolute Gasteiger partial charge is 0.489 e. The number of carbonyl (C=O) groups excluding carboxylic acids is 1. The monoisotopic (exact) mass is 451 g/mol. The summed E-state index contributed by atoms with van der Waals surface area (Å²) in [5.74, 6) is 1.25. The van der Waals surface area contributed by atoms with Gasteiger partial charge in [-0.05, 0) is 93.0 Å². The maximum absolute atomic E-state index is 12.4. The molecule has 0 N–H and O–H groups in total. The van der Waals surface area contributed by atoms with Crippen LogP contribution in [-0.4, -0.2) is 43.3 Å². The van der Waals surface area contributed by atoms with Gasteiger partial charge >= 0.3 is 5.97 Å². The van der Waals surface area contributed by atoms with E-state index in [0.717, 1.165) is 50.2 Å². The molecule has 0 aromatic heterocycles. The second-order valence-electron chi connectivity index (χ2n) is 10.0. The quantitative estimate of drug-likeness (QED) is 0.392. The Hall–Kier alpha value is -2.66. The molecule has 4 nitrogen and oxygen atoms in total. The first-order chi connectivity index (χ1) is 15.8. The van der Waals surface area contributed by atoms with Crippen LogP contribution in [0.4, 0.5) is 4.39 Å². The fraction of sp³-hybridized carbons (Fsp3) is 0.464. The number of hydrogen-bond donors (Lipinski definition) is 0. The van der Waals surface area contributed by atoms with E-state index in [4.69, 9.17) is 9.47 Å². The Labute approximate surface area is 196 Å². The number of esters is 1. The van der Waals surface area contributed by atoms with Gasteiger partial charge in [0.25, 0.3) is 0 Å². The molecule has 33 heavy (non-hydrogen) atoms. The van der Waals surface area contributed by atoms with Crippen LogP contribution in [0.1, 0.15) is 56.7 Å². The molecule has 1 heterocycles. The van der Waals surface area contributed by atoms with E-state index in [1.165, 1.54) is 16.7 Å². The molecule has 0 spiro atoms. The third-order valence-electron chi connectivity index (χ3n) is 6.26. The summed E-state index contributed by atoms with van der Waals surface area (Å²) in [5.41, 5.74) is 4.21. The number of likely N-dealkylation sites (tertiary alicyclic amines) is 1. The molecule has 2 aromatic rings. The van der Waals surface area contributed by atoms with E-state index in [9.17, 15) is 9.18 Å². The highest BCUT2D eigenvalue weighted by Crippen LogP contribution is 2.35.